The first-order valence-corrected chi connectivity index (χ1v) is 12.4. The number of carbonyl (C=O) groups is 2. The van der Waals surface area contributed by atoms with Crippen molar-refractivity contribution in [2.24, 2.45) is 0 Å². The summed E-state index contributed by atoms with van der Waals surface area (Å²) in [6.45, 7) is 3.54. The van der Waals surface area contributed by atoms with Crippen LogP contribution in [0, 0.1) is 11.8 Å². The molecule has 0 aliphatic rings. The van der Waals surface area contributed by atoms with Crippen molar-refractivity contribution in [1.82, 2.24) is 10.3 Å². The molecule has 0 bridgehead atoms. The van der Waals surface area contributed by atoms with E-state index in [4.69, 9.17) is 9.84 Å². The van der Waals surface area contributed by atoms with Crippen LogP contribution in [0.4, 0.5) is 0 Å². The van der Waals surface area contributed by atoms with Gasteiger partial charge in [-0.05, 0) is 67.8 Å². The number of amides is 1. The fraction of sp³-hybridized carbons (Fsp3) is 0.226. The summed E-state index contributed by atoms with van der Waals surface area (Å²) in [5.74, 6) is 5.25. The largest absolute Gasteiger partial charge is 0.490 e. The summed E-state index contributed by atoms with van der Waals surface area (Å²) in [6.07, 6.45) is 2.13. The third-order valence-corrected chi connectivity index (χ3v) is 5.92. The lowest BCUT2D eigenvalue weighted by Crippen LogP contribution is -2.39. The van der Waals surface area contributed by atoms with E-state index in [1.54, 1.807) is 42.5 Å². The zero-order chi connectivity index (χ0) is 27.1. The molecule has 0 spiro atoms. The van der Waals surface area contributed by atoms with Crippen LogP contribution < -0.4 is 10.1 Å². The zero-order valence-corrected chi connectivity index (χ0v) is 21.3. The standard InChI is InChI=1S/C31H30N2O5/c1-20(2)38-29-13-12-22(11-10-21-6-5-7-23(14-21)16-30(35)36)15-27(29)31(37)33-25(19-34)17-24-18-32-28-9-4-3-8-26(24)28/h3-9,12-15,18,20,25,32,34H,16-17,19H2,1-2H3,(H,33,37)(H,35,36)/t25-/m1/s1. The van der Waals surface area contributed by atoms with E-state index in [0.29, 0.717) is 34.4 Å². The third-order valence-electron chi connectivity index (χ3n) is 5.92. The molecule has 0 aliphatic carbocycles. The maximum atomic E-state index is 13.4. The molecule has 1 heterocycles. The van der Waals surface area contributed by atoms with Crippen molar-refractivity contribution in [2.45, 2.75) is 38.8 Å². The maximum absolute atomic E-state index is 13.4. The van der Waals surface area contributed by atoms with Gasteiger partial charge in [-0.3, -0.25) is 9.59 Å². The number of benzene rings is 3. The Bertz CT molecular complexity index is 1510. The molecule has 1 atom stereocenters. The van der Waals surface area contributed by atoms with Crippen molar-refractivity contribution >= 4 is 22.8 Å². The number of aliphatic carboxylic acids is 1. The highest BCUT2D eigenvalue weighted by atomic mass is 16.5. The Morgan fingerprint density at radius 2 is 1.76 bits per heavy atom. The first-order chi connectivity index (χ1) is 18.3. The average molecular weight is 511 g/mol. The minimum Gasteiger partial charge on any atom is -0.490 e. The minimum absolute atomic E-state index is 0.0777. The number of carboxylic acids is 1. The van der Waals surface area contributed by atoms with Crippen LogP contribution in [-0.4, -0.2) is 45.8 Å². The quantitative estimate of drug-likeness (QED) is 0.251. The van der Waals surface area contributed by atoms with Gasteiger partial charge < -0.3 is 25.3 Å². The van der Waals surface area contributed by atoms with E-state index in [1.165, 1.54) is 0 Å². The molecule has 1 aromatic heterocycles. The van der Waals surface area contributed by atoms with Crippen molar-refractivity contribution in [3.63, 3.8) is 0 Å². The number of para-hydroxylation sites is 1. The van der Waals surface area contributed by atoms with E-state index in [1.807, 2.05) is 44.3 Å². The molecule has 7 nitrogen and oxygen atoms in total. The summed E-state index contributed by atoms with van der Waals surface area (Å²) in [4.78, 5) is 27.6. The highest BCUT2D eigenvalue weighted by molar-refractivity contribution is 5.97. The summed E-state index contributed by atoms with van der Waals surface area (Å²) in [7, 11) is 0. The van der Waals surface area contributed by atoms with Gasteiger partial charge in [-0.15, -0.1) is 0 Å². The number of carbonyl (C=O) groups excluding carboxylic acids is 1. The van der Waals surface area contributed by atoms with E-state index in [-0.39, 0.29) is 25.0 Å². The lowest BCUT2D eigenvalue weighted by molar-refractivity contribution is -0.136. The van der Waals surface area contributed by atoms with Crippen molar-refractivity contribution in [3.8, 4) is 17.6 Å². The Morgan fingerprint density at radius 1 is 1.00 bits per heavy atom. The third kappa shape index (κ3) is 6.81. The number of hydrogen-bond acceptors (Lipinski definition) is 4. The van der Waals surface area contributed by atoms with Crippen LogP contribution in [0.5, 0.6) is 5.75 Å². The van der Waals surface area contributed by atoms with Crippen molar-refractivity contribution in [1.29, 1.82) is 0 Å². The van der Waals surface area contributed by atoms with Crippen molar-refractivity contribution in [3.05, 3.63) is 101 Å². The molecule has 4 rings (SSSR count). The predicted molar refractivity (Wildman–Crippen MR) is 146 cm³/mol. The number of carboxylic acid groups (broad SMARTS) is 1. The Morgan fingerprint density at radius 3 is 2.50 bits per heavy atom. The Balaban J connectivity index is 1.57. The normalized spacial score (nSPS) is 11.6. The number of rotatable bonds is 9. The second-order valence-corrected chi connectivity index (χ2v) is 9.32. The van der Waals surface area contributed by atoms with Crippen LogP contribution in [0.3, 0.4) is 0 Å². The van der Waals surface area contributed by atoms with E-state index < -0.39 is 12.0 Å². The van der Waals surface area contributed by atoms with Gasteiger partial charge in [0.2, 0.25) is 0 Å². The number of aliphatic hydroxyl groups excluding tert-OH is 1. The lowest BCUT2D eigenvalue weighted by Gasteiger charge is -2.19. The fourth-order valence-corrected chi connectivity index (χ4v) is 4.21. The van der Waals surface area contributed by atoms with E-state index in [0.717, 1.165) is 16.5 Å². The summed E-state index contributed by atoms with van der Waals surface area (Å²) in [5.41, 5.74) is 4.27. The summed E-state index contributed by atoms with van der Waals surface area (Å²) in [5, 5.41) is 23.1. The Kier molecular flexibility index (Phi) is 8.47. The highest BCUT2D eigenvalue weighted by Crippen LogP contribution is 2.23. The SMILES string of the molecule is CC(C)Oc1ccc(C#Cc2cccc(CC(=O)O)c2)cc1C(=O)N[C@@H](CO)Cc1c[nH]c2ccccc12. The minimum atomic E-state index is -0.905. The van der Waals surface area contributed by atoms with Gasteiger partial charge in [0.1, 0.15) is 5.75 Å². The van der Waals surface area contributed by atoms with Gasteiger partial charge in [-0.25, -0.2) is 0 Å². The van der Waals surface area contributed by atoms with Crippen molar-refractivity contribution < 1.29 is 24.5 Å². The number of aromatic amines is 1. The van der Waals surface area contributed by atoms with Crippen molar-refractivity contribution in [2.75, 3.05) is 6.61 Å². The maximum Gasteiger partial charge on any atom is 0.307 e. The van der Waals surface area contributed by atoms with E-state index in [2.05, 4.69) is 22.1 Å². The molecule has 0 saturated heterocycles. The van der Waals surface area contributed by atoms with Gasteiger partial charge in [0, 0.05) is 28.2 Å². The summed E-state index contributed by atoms with van der Waals surface area (Å²) < 4.78 is 5.88. The number of aliphatic hydroxyl groups is 1. The van der Waals surface area contributed by atoms with Gasteiger partial charge in [-0.1, -0.05) is 42.2 Å². The van der Waals surface area contributed by atoms with Crippen LogP contribution >= 0.6 is 0 Å². The van der Waals surface area contributed by atoms with Crippen LogP contribution in [0.2, 0.25) is 0 Å². The van der Waals surface area contributed by atoms with E-state index >= 15 is 0 Å². The second-order valence-electron chi connectivity index (χ2n) is 9.32. The number of H-pyrrole nitrogens is 1. The van der Waals surface area contributed by atoms with Gasteiger partial charge in [0.05, 0.1) is 30.7 Å². The topological polar surface area (TPSA) is 112 Å². The van der Waals surface area contributed by atoms with Crippen LogP contribution in [0.15, 0.2) is 72.9 Å². The predicted octanol–water partition coefficient (Wildman–Crippen LogP) is 4.32. The number of hydrogen-bond donors (Lipinski definition) is 4. The monoisotopic (exact) mass is 510 g/mol. The molecular formula is C31H30N2O5. The molecular weight excluding hydrogens is 480 g/mol. The number of aromatic nitrogens is 1. The first-order valence-electron chi connectivity index (χ1n) is 12.4. The van der Waals surface area contributed by atoms with Gasteiger partial charge in [0.25, 0.3) is 5.91 Å². The molecule has 0 fully saturated rings. The Labute approximate surface area is 221 Å². The van der Waals surface area contributed by atoms with E-state index in [9.17, 15) is 14.7 Å². The molecule has 7 heteroatoms. The number of ether oxygens (including phenoxy) is 1. The first kappa shape index (κ1) is 26.5. The number of nitrogens with one attached hydrogen (secondary N) is 2. The van der Waals surface area contributed by atoms with Gasteiger partial charge >= 0.3 is 5.97 Å². The summed E-state index contributed by atoms with van der Waals surface area (Å²) in [6, 6.07) is 19.6. The molecule has 3 aromatic carbocycles. The highest BCUT2D eigenvalue weighted by Gasteiger charge is 2.19. The second kappa shape index (κ2) is 12.1. The van der Waals surface area contributed by atoms with Gasteiger partial charge in [0.15, 0.2) is 0 Å². The number of fused-ring (bicyclic) bond motifs is 1. The fourth-order valence-electron chi connectivity index (χ4n) is 4.21. The lowest BCUT2D eigenvalue weighted by atomic mass is 10.0. The van der Waals surface area contributed by atoms with Gasteiger partial charge in [-0.2, -0.15) is 0 Å². The van der Waals surface area contributed by atoms with Crippen LogP contribution in [0.1, 0.15) is 46.5 Å². The molecule has 0 aliphatic heterocycles. The smallest absolute Gasteiger partial charge is 0.307 e. The average Bonchev–Trinajstić information content (AvgIpc) is 3.30. The molecule has 0 unspecified atom stereocenters. The molecule has 4 N–H and O–H groups in total. The zero-order valence-electron chi connectivity index (χ0n) is 21.3. The summed E-state index contributed by atoms with van der Waals surface area (Å²) >= 11 is 0. The van der Waals surface area contributed by atoms with Crippen LogP contribution in [0.25, 0.3) is 10.9 Å². The molecule has 0 radical (unpaired) electrons. The molecule has 38 heavy (non-hydrogen) atoms. The molecule has 0 saturated carbocycles. The molecule has 4 aromatic rings. The Hall–Kier alpha value is -4.54. The van der Waals surface area contributed by atoms with Crippen LogP contribution in [-0.2, 0) is 17.6 Å². The molecule has 1 amide bonds. The molecule has 194 valence electrons.